The van der Waals surface area contributed by atoms with Crippen LogP contribution < -0.4 is 4.74 Å². The molecule has 1 spiro atoms. The number of nitrogens with zero attached hydrogens (tertiary/aromatic N) is 2. The van der Waals surface area contributed by atoms with E-state index in [1.165, 1.54) is 22.3 Å². The maximum absolute atomic E-state index is 13.6. The second-order valence-corrected chi connectivity index (χ2v) is 8.96. The van der Waals surface area contributed by atoms with E-state index in [1.54, 1.807) is 7.11 Å². The maximum atomic E-state index is 13.6. The van der Waals surface area contributed by atoms with Gasteiger partial charge in [0.05, 0.1) is 19.8 Å². The Labute approximate surface area is 184 Å². The zero-order valence-corrected chi connectivity index (χ0v) is 18.6. The van der Waals surface area contributed by atoms with Crippen LogP contribution >= 0.6 is 0 Å². The molecule has 1 saturated heterocycles. The van der Waals surface area contributed by atoms with E-state index in [0.717, 1.165) is 64.2 Å². The number of likely N-dealkylation sites (tertiary alicyclic amines) is 1. The predicted molar refractivity (Wildman–Crippen MR) is 120 cm³/mol. The standard InChI is InChI=1S/C26H32N2O3/c1-3-27-18-21-8-5-4-7-20(21)17-22(27)25(29)28-14-12-26(13-15-28)24-19(11-16-31-26)9-6-10-23(24)30-2/h4-10,22H,3,11-18H2,1-2H3. The monoisotopic (exact) mass is 420 g/mol. The second-order valence-electron chi connectivity index (χ2n) is 8.96. The molecule has 2 aromatic rings. The van der Waals surface area contributed by atoms with Crippen molar-refractivity contribution in [1.82, 2.24) is 9.80 Å². The first-order valence-electron chi connectivity index (χ1n) is 11.5. The minimum Gasteiger partial charge on any atom is -0.496 e. The first-order chi connectivity index (χ1) is 15.1. The van der Waals surface area contributed by atoms with Gasteiger partial charge in [0, 0.05) is 25.2 Å². The summed E-state index contributed by atoms with van der Waals surface area (Å²) < 4.78 is 12.1. The van der Waals surface area contributed by atoms with Gasteiger partial charge >= 0.3 is 0 Å². The van der Waals surface area contributed by atoms with Crippen molar-refractivity contribution in [1.29, 1.82) is 0 Å². The molecule has 5 nitrogen and oxygen atoms in total. The van der Waals surface area contributed by atoms with E-state index in [9.17, 15) is 4.79 Å². The highest BCUT2D eigenvalue weighted by molar-refractivity contribution is 5.83. The Hall–Kier alpha value is -2.37. The summed E-state index contributed by atoms with van der Waals surface area (Å²) in [6, 6.07) is 14.8. The molecule has 0 saturated carbocycles. The quantitative estimate of drug-likeness (QED) is 0.762. The lowest BCUT2D eigenvalue weighted by Gasteiger charge is -2.47. The fraction of sp³-hybridized carbons (Fsp3) is 0.500. The van der Waals surface area contributed by atoms with Crippen molar-refractivity contribution in [3.05, 3.63) is 64.7 Å². The van der Waals surface area contributed by atoms with E-state index >= 15 is 0 Å². The zero-order valence-electron chi connectivity index (χ0n) is 18.6. The third-order valence-electron chi connectivity index (χ3n) is 7.46. The number of rotatable bonds is 3. The number of amides is 1. The summed E-state index contributed by atoms with van der Waals surface area (Å²) in [4.78, 5) is 18.0. The summed E-state index contributed by atoms with van der Waals surface area (Å²) in [6.45, 7) is 6.08. The molecule has 5 heteroatoms. The molecule has 0 aromatic heterocycles. The minimum absolute atomic E-state index is 0.0666. The van der Waals surface area contributed by atoms with E-state index in [1.807, 2.05) is 6.07 Å². The number of ether oxygens (including phenoxy) is 2. The van der Waals surface area contributed by atoms with Gasteiger partial charge < -0.3 is 14.4 Å². The molecule has 1 amide bonds. The van der Waals surface area contributed by atoms with Crippen LogP contribution in [0.2, 0.25) is 0 Å². The van der Waals surface area contributed by atoms with Gasteiger partial charge in [0.2, 0.25) is 5.91 Å². The third-order valence-corrected chi connectivity index (χ3v) is 7.46. The minimum atomic E-state index is -0.333. The molecule has 3 aliphatic heterocycles. The Kier molecular flexibility index (Phi) is 5.49. The van der Waals surface area contributed by atoms with E-state index < -0.39 is 0 Å². The molecule has 1 atom stereocenters. The van der Waals surface area contributed by atoms with Gasteiger partial charge in [-0.25, -0.2) is 0 Å². The summed E-state index contributed by atoms with van der Waals surface area (Å²) in [7, 11) is 1.73. The van der Waals surface area contributed by atoms with Crippen LogP contribution in [-0.4, -0.2) is 55.1 Å². The number of carbonyl (C=O) groups is 1. The average Bonchev–Trinajstić information content (AvgIpc) is 2.83. The van der Waals surface area contributed by atoms with E-state index in [-0.39, 0.29) is 17.6 Å². The number of likely N-dealkylation sites (N-methyl/N-ethyl adjacent to an activating group) is 1. The Balaban J connectivity index is 1.34. The van der Waals surface area contributed by atoms with Crippen LogP contribution in [0.25, 0.3) is 0 Å². The first-order valence-corrected chi connectivity index (χ1v) is 11.5. The lowest BCUT2D eigenvalue weighted by Crippen LogP contribution is -2.55. The molecule has 2 aromatic carbocycles. The summed E-state index contributed by atoms with van der Waals surface area (Å²) in [5.74, 6) is 1.18. The Morgan fingerprint density at radius 3 is 2.58 bits per heavy atom. The molecular formula is C26H32N2O3. The van der Waals surface area contributed by atoms with Crippen molar-refractivity contribution in [2.75, 3.05) is 33.4 Å². The molecular weight excluding hydrogens is 388 g/mol. The fourth-order valence-corrected chi connectivity index (χ4v) is 5.75. The number of hydrogen-bond donors (Lipinski definition) is 0. The van der Waals surface area contributed by atoms with Gasteiger partial charge in [0.1, 0.15) is 11.4 Å². The van der Waals surface area contributed by atoms with Gasteiger partial charge in [-0.1, -0.05) is 43.3 Å². The fourth-order valence-electron chi connectivity index (χ4n) is 5.75. The highest BCUT2D eigenvalue weighted by Crippen LogP contribution is 2.46. The highest BCUT2D eigenvalue weighted by atomic mass is 16.5. The van der Waals surface area contributed by atoms with Crippen LogP contribution in [0.3, 0.4) is 0 Å². The molecule has 31 heavy (non-hydrogen) atoms. The van der Waals surface area contributed by atoms with Crippen LogP contribution in [-0.2, 0) is 34.5 Å². The highest BCUT2D eigenvalue weighted by Gasteiger charge is 2.45. The molecule has 0 N–H and O–H groups in total. The van der Waals surface area contributed by atoms with Crippen molar-refractivity contribution in [2.24, 2.45) is 0 Å². The van der Waals surface area contributed by atoms with E-state index in [2.05, 4.69) is 53.1 Å². The SMILES string of the molecule is CCN1Cc2ccccc2CC1C(=O)N1CCC2(CC1)OCCc1cccc(OC)c12. The Bertz CT molecular complexity index is 951. The average molecular weight is 421 g/mol. The number of methoxy groups -OCH3 is 1. The maximum Gasteiger partial charge on any atom is 0.240 e. The van der Waals surface area contributed by atoms with Crippen LogP contribution in [0.1, 0.15) is 42.0 Å². The Morgan fingerprint density at radius 1 is 1.10 bits per heavy atom. The molecule has 3 heterocycles. The van der Waals surface area contributed by atoms with E-state index in [4.69, 9.17) is 9.47 Å². The largest absolute Gasteiger partial charge is 0.496 e. The summed E-state index contributed by atoms with van der Waals surface area (Å²) in [6.07, 6.45) is 3.37. The van der Waals surface area contributed by atoms with Crippen molar-refractivity contribution >= 4 is 5.91 Å². The summed E-state index contributed by atoms with van der Waals surface area (Å²) in [5, 5.41) is 0. The molecule has 5 rings (SSSR count). The molecule has 0 bridgehead atoms. The van der Waals surface area contributed by atoms with Crippen LogP contribution in [0.4, 0.5) is 0 Å². The molecule has 1 fully saturated rings. The summed E-state index contributed by atoms with van der Waals surface area (Å²) in [5.41, 5.74) is 4.86. The van der Waals surface area contributed by atoms with Crippen molar-refractivity contribution in [3.63, 3.8) is 0 Å². The smallest absolute Gasteiger partial charge is 0.240 e. The lowest BCUT2D eigenvalue weighted by atomic mass is 9.78. The molecule has 164 valence electrons. The normalized spacial score (nSPS) is 22.6. The molecule has 0 radical (unpaired) electrons. The topological polar surface area (TPSA) is 42.0 Å². The third kappa shape index (κ3) is 3.54. The number of carbonyl (C=O) groups excluding carboxylic acids is 1. The second kappa shape index (κ2) is 8.29. The van der Waals surface area contributed by atoms with Crippen molar-refractivity contribution < 1.29 is 14.3 Å². The molecule has 3 aliphatic rings. The Morgan fingerprint density at radius 2 is 1.84 bits per heavy atom. The zero-order chi connectivity index (χ0) is 21.4. The van der Waals surface area contributed by atoms with Crippen LogP contribution in [0.15, 0.2) is 42.5 Å². The van der Waals surface area contributed by atoms with Gasteiger partial charge in [-0.15, -0.1) is 0 Å². The first kappa shape index (κ1) is 20.5. The molecule has 0 aliphatic carbocycles. The number of piperidine rings is 1. The number of benzene rings is 2. The van der Waals surface area contributed by atoms with Gasteiger partial charge in [-0.3, -0.25) is 9.69 Å². The van der Waals surface area contributed by atoms with Gasteiger partial charge in [-0.2, -0.15) is 0 Å². The lowest BCUT2D eigenvalue weighted by molar-refractivity contribution is -0.146. The van der Waals surface area contributed by atoms with Crippen molar-refractivity contribution in [3.8, 4) is 5.75 Å². The molecule has 1 unspecified atom stereocenters. The van der Waals surface area contributed by atoms with Crippen LogP contribution in [0.5, 0.6) is 5.75 Å². The summed E-state index contributed by atoms with van der Waals surface area (Å²) >= 11 is 0. The van der Waals surface area contributed by atoms with E-state index in [0.29, 0.717) is 0 Å². The van der Waals surface area contributed by atoms with Crippen molar-refractivity contribution in [2.45, 2.75) is 50.8 Å². The van der Waals surface area contributed by atoms with Gasteiger partial charge in [0.25, 0.3) is 0 Å². The van der Waals surface area contributed by atoms with Crippen LogP contribution in [0, 0.1) is 0 Å². The van der Waals surface area contributed by atoms with Gasteiger partial charge in [-0.05, 0) is 55.0 Å². The predicted octanol–water partition coefficient (Wildman–Crippen LogP) is 3.53. The number of fused-ring (bicyclic) bond motifs is 3. The number of hydrogen-bond acceptors (Lipinski definition) is 4. The van der Waals surface area contributed by atoms with Gasteiger partial charge in [0.15, 0.2) is 0 Å².